The molecule has 0 radical (unpaired) electrons. The number of aromatic amines is 1. The second-order valence-corrected chi connectivity index (χ2v) is 6.30. The molecule has 21 heavy (non-hydrogen) atoms. The molecule has 0 amide bonds. The standard InChI is InChI=1S/C16H12BrN3S/c1-9-5-12(17)6-10(2)15(9)20-14-7-11(8-18)3-4-13(14)19-16(20)21/h3-7H,1-2H3,(H,19,21). The molecule has 0 aliphatic rings. The lowest BCUT2D eigenvalue weighted by molar-refractivity contribution is 1.03. The number of nitrogens with zero attached hydrogens (tertiary/aromatic N) is 2. The van der Waals surface area contributed by atoms with Crippen LogP contribution >= 0.6 is 28.1 Å². The predicted octanol–water partition coefficient (Wildman–Crippen LogP) is 4.94. The summed E-state index contributed by atoms with van der Waals surface area (Å²) < 4.78 is 3.68. The van der Waals surface area contributed by atoms with Crippen molar-refractivity contribution in [1.29, 1.82) is 5.26 Å². The van der Waals surface area contributed by atoms with E-state index in [1.807, 2.05) is 16.7 Å². The highest BCUT2D eigenvalue weighted by atomic mass is 79.9. The number of aromatic nitrogens is 2. The Morgan fingerprint density at radius 3 is 2.48 bits per heavy atom. The lowest BCUT2D eigenvalue weighted by atomic mass is 10.1. The van der Waals surface area contributed by atoms with E-state index < -0.39 is 0 Å². The van der Waals surface area contributed by atoms with Crippen molar-refractivity contribution in [2.75, 3.05) is 0 Å². The Labute approximate surface area is 136 Å². The maximum atomic E-state index is 9.11. The van der Waals surface area contributed by atoms with Gasteiger partial charge in [-0.1, -0.05) is 15.9 Å². The largest absolute Gasteiger partial charge is 0.330 e. The molecule has 0 saturated carbocycles. The van der Waals surface area contributed by atoms with Crippen molar-refractivity contribution in [3.8, 4) is 11.8 Å². The van der Waals surface area contributed by atoms with E-state index in [0.29, 0.717) is 10.3 Å². The van der Waals surface area contributed by atoms with Crippen LogP contribution in [0.15, 0.2) is 34.8 Å². The molecule has 3 aromatic rings. The number of rotatable bonds is 1. The lowest BCUT2D eigenvalue weighted by Crippen LogP contribution is -2.00. The second-order valence-electron chi connectivity index (χ2n) is 5.00. The summed E-state index contributed by atoms with van der Waals surface area (Å²) in [6.45, 7) is 4.11. The normalized spacial score (nSPS) is 10.8. The molecule has 0 atom stereocenters. The van der Waals surface area contributed by atoms with E-state index in [1.54, 1.807) is 6.07 Å². The van der Waals surface area contributed by atoms with Gasteiger partial charge in [0.1, 0.15) is 0 Å². The van der Waals surface area contributed by atoms with Gasteiger partial charge < -0.3 is 4.98 Å². The number of halogens is 1. The maximum Gasteiger partial charge on any atom is 0.182 e. The van der Waals surface area contributed by atoms with E-state index in [1.165, 1.54) is 0 Å². The van der Waals surface area contributed by atoms with E-state index in [2.05, 4.69) is 53.0 Å². The highest BCUT2D eigenvalue weighted by Crippen LogP contribution is 2.28. The number of nitriles is 1. The number of benzene rings is 2. The first-order valence-corrected chi connectivity index (χ1v) is 7.63. The van der Waals surface area contributed by atoms with E-state index in [0.717, 1.165) is 32.3 Å². The topological polar surface area (TPSA) is 44.5 Å². The van der Waals surface area contributed by atoms with E-state index in [9.17, 15) is 0 Å². The quantitative estimate of drug-likeness (QED) is 0.627. The lowest BCUT2D eigenvalue weighted by Gasteiger charge is -2.13. The summed E-state index contributed by atoms with van der Waals surface area (Å²) in [5, 5.41) is 9.11. The van der Waals surface area contributed by atoms with Crippen LogP contribution < -0.4 is 0 Å². The third kappa shape index (κ3) is 2.31. The van der Waals surface area contributed by atoms with Crippen molar-refractivity contribution in [2.24, 2.45) is 0 Å². The van der Waals surface area contributed by atoms with Gasteiger partial charge in [-0.15, -0.1) is 0 Å². The Hall–Kier alpha value is -1.90. The monoisotopic (exact) mass is 357 g/mol. The number of nitrogens with one attached hydrogen (secondary N) is 1. The van der Waals surface area contributed by atoms with Crippen molar-refractivity contribution in [1.82, 2.24) is 9.55 Å². The summed E-state index contributed by atoms with van der Waals surface area (Å²) in [6, 6.07) is 11.9. The summed E-state index contributed by atoms with van der Waals surface area (Å²) in [7, 11) is 0. The molecule has 1 aromatic heterocycles. The van der Waals surface area contributed by atoms with Crippen LogP contribution in [0.1, 0.15) is 16.7 Å². The molecule has 5 heteroatoms. The minimum atomic E-state index is 0.623. The first-order chi connectivity index (χ1) is 10.0. The maximum absolute atomic E-state index is 9.11. The van der Waals surface area contributed by atoms with Crippen molar-refractivity contribution in [3.63, 3.8) is 0 Å². The zero-order valence-corrected chi connectivity index (χ0v) is 14.0. The molecule has 1 heterocycles. The van der Waals surface area contributed by atoms with Crippen LogP contribution in [0.25, 0.3) is 16.7 Å². The van der Waals surface area contributed by atoms with Gasteiger partial charge >= 0.3 is 0 Å². The zero-order valence-electron chi connectivity index (χ0n) is 11.6. The highest BCUT2D eigenvalue weighted by molar-refractivity contribution is 9.10. The van der Waals surface area contributed by atoms with Crippen LogP contribution in [0.2, 0.25) is 0 Å². The molecule has 104 valence electrons. The van der Waals surface area contributed by atoms with Gasteiger partial charge in [0.2, 0.25) is 0 Å². The summed E-state index contributed by atoms with van der Waals surface area (Å²) in [5.41, 5.74) is 5.79. The average molecular weight is 358 g/mol. The summed E-state index contributed by atoms with van der Waals surface area (Å²) in [4.78, 5) is 3.20. The molecule has 3 rings (SSSR count). The minimum absolute atomic E-state index is 0.623. The van der Waals surface area contributed by atoms with Crippen molar-refractivity contribution < 1.29 is 0 Å². The Morgan fingerprint density at radius 1 is 1.19 bits per heavy atom. The fourth-order valence-corrected chi connectivity index (χ4v) is 3.64. The highest BCUT2D eigenvalue weighted by Gasteiger charge is 2.12. The molecular weight excluding hydrogens is 346 g/mol. The molecule has 2 aromatic carbocycles. The number of H-pyrrole nitrogens is 1. The van der Waals surface area contributed by atoms with Crippen molar-refractivity contribution >= 4 is 39.2 Å². The van der Waals surface area contributed by atoms with E-state index in [4.69, 9.17) is 17.5 Å². The number of hydrogen-bond acceptors (Lipinski definition) is 2. The zero-order chi connectivity index (χ0) is 15.1. The van der Waals surface area contributed by atoms with Gasteiger partial charge in [0, 0.05) is 4.47 Å². The Balaban J connectivity index is 2.43. The van der Waals surface area contributed by atoms with Crippen LogP contribution in [0.3, 0.4) is 0 Å². The molecule has 0 bridgehead atoms. The third-order valence-electron chi connectivity index (χ3n) is 3.49. The van der Waals surface area contributed by atoms with Gasteiger partial charge in [-0.3, -0.25) is 4.57 Å². The van der Waals surface area contributed by atoms with Crippen LogP contribution in [0.5, 0.6) is 0 Å². The van der Waals surface area contributed by atoms with Gasteiger partial charge in [-0.25, -0.2) is 0 Å². The molecule has 0 unspecified atom stereocenters. The Morgan fingerprint density at radius 2 is 1.86 bits per heavy atom. The predicted molar refractivity (Wildman–Crippen MR) is 90.3 cm³/mol. The summed E-state index contributed by atoms with van der Waals surface area (Å²) >= 11 is 8.99. The number of imidazole rings is 1. The molecule has 0 spiro atoms. The molecular formula is C16H12BrN3S. The van der Waals surface area contributed by atoms with Crippen LogP contribution in [0, 0.1) is 29.9 Å². The number of fused-ring (bicyclic) bond motifs is 1. The first kappa shape index (κ1) is 14.1. The molecule has 0 saturated heterocycles. The average Bonchev–Trinajstić information content (AvgIpc) is 2.73. The van der Waals surface area contributed by atoms with Crippen LogP contribution in [-0.2, 0) is 0 Å². The Bertz CT molecular complexity index is 937. The van der Waals surface area contributed by atoms with Gasteiger partial charge in [0.05, 0.1) is 28.4 Å². The van der Waals surface area contributed by atoms with Crippen molar-refractivity contribution in [2.45, 2.75) is 13.8 Å². The van der Waals surface area contributed by atoms with Gasteiger partial charge in [-0.2, -0.15) is 5.26 Å². The summed E-state index contributed by atoms with van der Waals surface area (Å²) in [5.74, 6) is 0. The Kier molecular flexibility index (Phi) is 3.44. The number of hydrogen-bond donors (Lipinski definition) is 1. The SMILES string of the molecule is Cc1cc(Br)cc(C)c1-n1c(=S)[nH]c2ccc(C#N)cc21. The van der Waals surface area contributed by atoms with Gasteiger partial charge in [-0.05, 0) is 67.5 Å². The fraction of sp³-hybridized carbons (Fsp3) is 0.125. The van der Waals surface area contributed by atoms with Crippen molar-refractivity contribution in [3.05, 3.63) is 56.3 Å². The molecule has 0 aliphatic carbocycles. The molecule has 0 fully saturated rings. The van der Waals surface area contributed by atoms with Crippen LogP contribution in [0.4, 0.5) is 0 Å². The van der Waals surface area contributed by atoms with Gasteiger partial charge in [0.25, 0.3) is 0 Å². The van der Waals surface area contributed by atoms with E-state index in [-0.39, 0.29) is 0 Å². The van der Waals surface area contributed by atoms with Crippen LogP contribution in [-0.4, -0.2) is 9.55 Å². The summed E-state index contributed by atoms with van der Waals surface area (Å²) in [6.07, 6.45) is 0. The van der Waals surface area contributed by atoms with E-state index >= 15 is 0 Å². The molecule has 3 nitrogen and oxygen atoms in total. The number of aryl methyl sites for hydroxylation is 2. The molecule has 0 aliphatic heterocycles. The third-order valence-corrected chi connectivity index (χ3v) is 4.23. The smallest absolute Gasteiger partial charge is 0.182 e. The fourth-order valence-electron chi connectivity index (χ4n) is 2.65. The van der Waals surface area contributed by atoms with Gasteiger partial charge in [0.15, 0.2) is 4.77 Å². The first-order valence-electron chi connectivity index (χ1n) is 6.43. The minimum Gasteiger partial charge on any atom is -0.330 e. The molecule has 1 N–H and O–H groups in total. The second kappa shape index (κ2) is 5.14.